The van der Waals surface area contributed by atoms with E-state index in [0.29, 0.717) is 22.5 Å². The first-order chi connectivity index (χ1) is 12.2. The molecule has 3 aromatic rings. The van der Waals surface area contributed by atoms with Gasteiger partial charge in [-0.05, 0) is 42.7 Å². The molecule has 0 spiro atoms. The van der Waals surface area contributed by atoms with Crippen molar-refractivity contribution in [1.29, 1.82) is 0 Å². The van der Waals surface area contributed by atoms with E-state index in [1.807, 2.05) is 30.3 Å². The first kappa shape index (κ1) is 16.4. The van der Waals surface area contributed by atoms with Gasteiger partial charge in [-0.15, -0.1) is 0 Å². The van der Waals surface area contributed by atoms with Gasteiger partial charge in [0.1, 0.15) is 5.82 Å². The Kier molecular flexibility index (Phi) is 4.64. The zero-order valence-corrected chi connectivity index (χ0v) is 15.2. The SMILES string of the molecule is Clc1ccc(CNc2nc(N3CCCC3)c3ccccc3n2)c(Cl)c1. The van der Waals surface area contributed by atoms with Crippen LogP contribution in [-0.2, 0) is 6.54 Å². The monoisotopic (exact) mass is 372 g/mol. The number of nitrogens with zero attached hydrogens (tertiary/aromatic N) is 3. The van der Waals surface area contributed by atoms with E-state index in [0.717, 1.165) is 35.4 Å². The van der Waals surface area contributed by atoms with Gasteiger partial charge in [-0.1, -0.05) is 41.4 Å². The highest BCUT2D eigenvalue weighted by Gasteiger charge is 2.18. The minimum Gasteiger partial charge on any atom is -0.356 e. The lowest BCUT2D eigenvalue weighted by Gasteiger charge is -2.19. The maximum Gasteiger partial charge on any atom is 0.225 e. The maximum atomic E-state index is 6.25. The Bertz CT molecular complexity index is 907. The summed E-state index contributed by atoms with van der Waals surface area (Å²) >= 11 is 12.2. The van der Waals surface area contributed by atoms with Crippen LogP contribution in [-0.4, -0.2) is 23.1 Å². The van der Waals surface area contributed by atoms with Crippen molar-refractivity contribution >= 4 is 45.9 Å². The molecule has 1 aliphatic heterocycles. The van der Waals surface area contributed by atoms with Crippen LogP contribution >= 0.6 is 23.2 Å². The summed E-state index contributed by atoms with van der Waals surface area (Å²) in [6.07, 6.45) is 2.42. The summed E-state index contributed by atoms with van der Waals surface area (Å²) in [6, 6.07) is 13.6. The van der Waals surface area contributed by atoms with Crippen molar-refractivity contribution in [3.8, 4) is 0 Å². The van der Waals surface area contributed by atoms with E-state index in [4.69, 9.17) is 28.2 Å². The van der Waals surface area contributed by atoms with Gasteiger partial charge in [0.05, 0.1) is 5.52 Å². The highest BCUT2D eigenvalue weighted by atomic mass is 35.5. The van der Waals surface area contributed by atoms with E-state index in [1.54, 1.807) is 6.07 Å². The Morgan fingerprint density at radius 3 is 2.60 bits per heavy atom. The van der Waals surface area contributed by atoms with Crippen LogP contribution in [0.5, 0.6) is 0 Å². The van der Waals surface area contributed by atoms with E-state index in [-0.39, 0.29) is 0 Å². The number of hydrogen-bond donors (Lipinski definition) is 1. The second kappa shape index (κ2) is 7.06. The summed E-state index contributed by atoms with van der Waals surface area (Å²) in [5.74, 6) is 1.62. The first-order valence-corrected chi connectivity index (χ1v) is 9.16. The van der Waals surface area contributed by atoms with Crippen LogP contribution in [0.1, 0.15) is 18.4 Å². The highest BCUT2D eigenvalue weighted by Crippen LogP contribution is 2.28. The minimum atomic E-state index is 0.549. The number of halogens is 2. The van der Waals surface area contributed by atoms with Crippen LogP contribution in [0.4, 0.5) is 11.8 Å². The minimum absolute atomic E-state index is 0.549. The van der Waals surface area contributed by atoms with Crippen molar-refractivity contribution in [2.75, 3.05) is 23.3 Å². The van der Waals surface area contributed by atoms with Gasteiger partial charge in [0.25, 0.3) is 0 Å². The van der Waals surface area contributed by atoms with Crippen molar-refractivity contribution in [2.45, 2.75) is 19.4 Å². The number of aromatic nitrogens is 2. The molecule has 1 N–H and O–H groups in total. The molecule has 0 radical (unpaired) electrons. The molecule has 2 heterocycles. The number of fused-ring (bicyclic) bond motifs is 1. The third-order valence-corrected chi connectivity index (χ3v) is 5.03. The lowest BCUT2D eigenvalue weighted by atomic mass is 10.2. The average molecular weight is 373 g/mol. The van der Waals surface area contributed by atoms with Gasteiger partial charge in [-0.25, -0.2) is 4.98 Å². The predicted molar refractivity (Wildman–Crippen MR) is 105 cm³/mol. The number of hydrogen-bond acceptors (Lipinski definition) is 4. The van der Waals surface area contributed by atoms with Crippen molar-refractivity contribution < 1.29 is 0 Å². The standard InChI is InChI=1S/C19H18Cl2N4/c20-14-8-7-13(16(21)11-14)12-22-19-23-17-6-2-1-5-15(17)18(24-19)25-9-3-4-10-25/h1-2,5-8,11H,3-4,9-10,12H2,(H,22,23,24). The molecule has 0 unspecified atom stereocenters. The Morgan fingerprint density at radius 1 is 1.00 bits per heavy atom. The Balaban J connectivity index is 1.65. The van der Waals surface area contributed by atoms with Crippen molar-refractivity contribution in [3.63, 3.8) is 0 Å². The highest BCUT2D eigenvalue weighted by molar-refractivity contribution is 6.35. The molecule has 128 valence electrons. The smallest absolute Gasteiger partial charge is 0.225 e. The molecule has 1 aliphatic rings. The van der Waals surface area contributed by atoms with Gasteiger partial charge < -0.3 is 10.2 Å². The quantitative estimate of drug-likeness (QED) is 0.687. The Hall–Kier alpha value is -2.04. The molecule has 6 heteroatoms. The summed E-state index contributed by atoms with van der Waals surface area (Å²) in [6.45, 7) is 2.64. The summed E-state index contributed by atoms with van der Waals surface area (Å²) in [5, 5.41) is 5.67. The molecule has 2 aromatic carbocycles. The predicted octanol–water partition coefficient (Wildman–Crippen LogP) is 5.15. The van der Waals surface area contributed by atoms with E-state index < -0.39 is 0 Å². The molecule has 0 atom stereocenters. The van der Waals surface area contributed by atoms with Crippen molar-refractivity contribution in [1.82, 2.24) is 9.97 Å². The number of nitrogens with one attached hydrogen (secondary N) is 1. The molecule has 1 saturated heterocycles. The van der Waals surface area contributed by atoms with E-state index in [1.165, 1.54) is 12.8 Å². The summed E-state index contributed by atoms with van der Waals surface area (Å²) in [7, 11) is 0. The van der Waals surface area contributed by atoms with E-state index >= 15 is 0 Å². The molecule has 1 fully saturated rings. The number of anilines is 2. The van der Waals surface area contributed by atoms with Gasteiger partial charge >= 0.3 is 0 Å². The second-order valence-electron chi connectivity index (χ2n) is 6.17. The topological polar surface area (TPSA) is 41.1 Å². The van der Waals surface area contributed by atoms with Crippen LogP contribution in [0.15, 0.2) is 42.5 Å². The molecule has 4 nitrogen and oxygen atoms in total. The van der Waals surface area contributed by atoms with Crippen molar-refractivity contribution in [2.24, 2.45) is 0 Å². The van der Waals surface area contributed by atoms with Crippen molar-refractivity contribution in [3.05, 3.63) is 58.1 Å². The summed E-state index contributed by atoms with van der Waals surface area (Å²) in [4.78, 5) is 11.8. The van der Waals surface area contributed by atoms with Gasteiger partial charge in [0.15, 0.2) is 0 Å². The van der Waals surface area contributed by atoms with Crippen LogP contribution in [0.2, 0.25) is 10.0 Å². The fourth-order valence-electron chi connectivity index (χ4n) is 3.15. The summed E-state index contributed by atoms with van der Waals surface area (Å²) < 4.78 is 0. The molecular weight excluding hydrogens is 355 g/mol. The number of benzene rings is 2. The molecular formula is C19H18Cl2N4. The molecule has 4 rings (SSSR count). The molecule has 0 amide bonds. The summed E-state index contributed by atoms with van der Waals surface area (Å²) in [5.41, 5.74) is 1.91. The third kappa shape index (κ3) is 3.51. The molecule has 0 aliphatic carbocycles. The molecule has 25 heavy (non-hydrogen) atoms. The van der Waals surface area contributed by atoms with Crippen LogP contribution in [0.3, 0.4) is 0 Å². The van der Waals surface area contributed by atoms with Gasteiger partial charge in [-0.2, -0.15) is 4.98 Å². The van der Waals surface area contributed by atoms with Gasteiger partial charge in [0, 0.05) is 35.1 Å². The van der Waals surface area contributed by atoms with Crippen LogP contribution < -0.4 is 10.2 Å². The Labute approximate surface area is 156 Å². The number of rotatable bonds is 4. The lowest BCUT2D eigenvalue weighted by Crippen LogP contribution is -2.20. The lowest BCUT2D eigenvalue weighted by molar-refractivity contribution is 0.935. The normalized spacial score (nSPS) is 14.2. The zero-order valence-electron chi connectivity index (χ0n) is 13.7. The number of para-hydroxylation sites is 1. The van der Waals surface area contributed by atoms with Crippen LogP contribution in [0, 0.1) is 0 Å². The van der Waals surface area contributed by atoms with Gasteiger partial charge in [-0.3, -0.25) is 0 Å². The zero-order chi connectivity index (χ0) is 17.2. The fraction of sp³-hybridized carbons (Fsp3) is 0.263. The molecule has 1 aromatic heterocycles. The molecule has 0 bridgehead atoms. The maximum absolute atomic E-state index is 6.25. The molecule has 0 saturated carbocycles. The average Bonchev–Trinajstić information content (AvgIpc) is 3.15. The van der Waals surface area contributed by atoms with E-state index in [9.17, 15) is 0 Å². The van der Waals surface area contributed by atoms with Gasteiger partial charge in [0.2, 0.25) is 5.95 Å². The second-order valence-corrected chi connectivity index (χ2v) is 7.02. The Morgan fingerprint density at radius 2 is 1.80 bits per heavy atom. The van der Waals surface area contributed by atoms with E-state index in [2.05, 4.69) is 21.3 Å². The first-order valence-electron chi connectivity index (χ1n) is 8.40. The van der Waals surface area contributed by atoms with Crippen LogP contribution in [0.25, 0.3) is 10.9 Å². The third-order valence-electron chi connectivity index (χ3n) is 4.44. The largest absolute Gasteiger partial charge is 0.356 e. The fourth-order valence-corrected chi connectivity index (χ4v) is 3.62.